The molecular weight excluding hydrogens is 200 g/mol. The third-order valence-electron chi connectivity index (χ3n) is 1.82. The maximum absolute atomic E-state index is 11.6. The van der Waals surface area contributed by atoms with Gasteiger partial charge in [0.2, 0.25) is 0 Å². The summed E-state index contributed by atoms with van der Waals surface area (Å²) in [5.74, 6) is 5.89. The highest BCUT2D eigenvalue weighted by Crippen LogP contribution is 2.18. The van der Waals surface area contributed by atoms with Crippen molar-refractivity contribution in [3.05, 3.63) is 33.7 Å². The summed E-state index contributed by atoms with van der Waals surface area (Å²) in [6.45, 7) is 1.63. The van der Waals surface area contributed by atoms with Crippen molar-refractivity contribution in [2.75, 3.05) is 5.84 Å². The second kappa shape index (κ2) is 3.22. The zero-order valence-electron chi connectivity index (χ0n) is 7.47. The lowest BCUT2D eigenvalue weighted by molar-refractivity contribution is 0.775. The fourth-order valence-electron chi connectivity index (χ4n) is 1.04. The van der Waals surface area contributed by atoms with E-state index in [2.05, 4.69) is 10.2 Å². The molecule has 0 bridgehead atoms. The van der Waals surface area contributed by atoms with Gasteiger partial charge in [0.15, 0.2) is 11.5 Å². The normalized spacial score (nSPS) is 10.4. The Morgan fingerprint density at radius 1 is 1.50 bits per heavy atom. The van der Waals surface area contributed by atoms with E-state index in [4.69, 9.17) is 5.84 Å². The molecule has 0 saturated heterocycles. The van der Waals surface area contributed by atoms with Crippen LogP contribution in [-0.4, -0.2) is 14.9 Å². The van der Waals surface area contributed by atoms with Crippen LogP contribution in [0.5, 0.6) is 0 Å². The lowest BCUT2D eigenvalue weighted by atomic mass is 10.3. The van der Waals surface area contributed by atoms with Gasteiger partial charge in [-0.3, -0.25) is 4.79 Å². The second-order valence-electron chi connectivity index (χ2n) is 2.75. The van der Waals surface area contributed by atoms with Crippen LogP contribution >= 0.6 is 11.3 Å². The summed E-state index contributed by atoms with van der Waals surface area (Å²) in [6, 6.07) is 3.66. The van der Waals surface area contributed by atoms with E-state index >= 15 is 0 Å². The van der Waals surface area contributed by atoms with E-state index in [-0.39, 0.29) is 5.56 Å². The maximum Gasteiger partial charge on any atom is 0.299 e. The smallest absolute Gasteiger partial charge is 0.299 e. The Morgan fingerprint density at radius 3 is 2.93 bits per heavy atom. The minimum absolute atomic E-state index is 0.299. The van der Waals surface area contributed by atoms with E-state index < -0.39 is 0 Å². The molecule has 2 aromatic rings. The topological polar surface area (TPSA) is 73.8 Å². The molecule has 2 rings (SSSR count). The maximum atomic E-state index is 11.6. The number of nitrogens with zero attached hydrogens (tertiary/aromatic N) is 3. The van der Waals surface area contributed by atoms with E-state index in [9.17, 15) is 4.79 Å². The summed E-state index contributed by atoms with van der Waals surface area (Å²) in [4.78, 5) is 12.4. The first-order valence-electron chi connectivity index (χ1n) is 3.95. The number of hydrogen-bond acceptors (Lipinski definition) is 5. The number of aromatic nitrogens is 3. The predicted molar refractivity (Wildman–Crippen MR) is 54.5 cm³/mol. The Kier molecular flexibility index (Phi) is 2.05. The largest absolute Gasteiger partial charge is 0.335 e. The van der Waals surface area contributed by atoms with Crippen LogP contribution in [0.25, 0.3) is 10.6 Å². The van der Waals surface area contributed by atoms with Crippen molar-refractivity contribution in [2.24, 2.45) is 0 Å². The molecule has 0 aliphatic rings. The van der Waals surface area contributed by atoms with Crippen LogP contribution in [0, 0.1) is 6.92 Å². The van der Waals surface area contributed by atoms with Gasteiger partial charge in [-0.2, -0.15) is 0 Å². The molecule has 2 N–H and O–H groups in total. The van der Waals surface area contributed by atoms with Crippen LogP contribution in [0.2, 0.25) is 0 Å². The van der Waals surface area contributed by atoms with Crippen molar-refractivity contribution in [2.45, 2.75) is 6.92 Å². The molecule has 0 radical (unpaired) electrons. The number of nitrogens with two attached hydrogens (primary N) is 1. The van der Waals surface area contributed by atoms with E-state index in [1.165, 1.54) is 11.3 Å². The summed E-state index contributed by atoms with van der Waals surface area (Å²) < 4.78 is 1.00. The third kappa shape index (κ3) is 1.29. The monoisotopic (exact) mass is 208 g/mol. The molecule has 0 saturated carbocycles. The molecule has 0 aliphatic carbocycles. The van der Waals surface area contributed by atoms with Crippen molar-refractivity contribution in [3.8, 4) is 10.6 Å². The van der Waals surface area contributed by atoms with Gasteiger partial charge < -0.3 is 5.84 Å². The van der Waals surface area contributed by atoms with Gasteiger partial charge in [0.05, 0.1) is 4.88 Å². The number of thiophene rings is 1. The molecule has 2 heterocycles. The molecule has 0 fully saturated rings. The summed E-state index contributed by atoms with van der Waals surface area (Å²) in [6.07, 6.45) is 0. The first-order chi connectivity index (χ1) is 6.70. The second-order valence-corrected chi connectivity index (χ2v) is 3.70. The van der Waals surface area contributed by atoms with Crippen LogP contribution in [0.4, 0.5) is 0 Å². The van der Waals surface area contributed by atoms with Gasteiger partial charge in [-0.05, 0) is 18.4 Å². The minimum Gasteiger partial charge on any atom is -0.335 e. The van der Waals surface area contributed by atoms with E-state index in [1.54, 1.807) is 6.92 Å². The summed E-state index contributed by atoms with van der Waals surface area (Å²) in [5, 5.41) is 9.49. The van der Waals surface area contributed by atoms with Crippen LogP contribution in [-0.2, 0) is 0 Å². The highest BCUT2D eigenvalue weighted by molar-refractivity contribution is 7.13. The summed E-state index contributed by atoms with van der Waals surface area (Å²) in [5.41, 5.74) is -0.0203. The molecule has 0 amide bonds. The van der Waals surface area contributed by atoms with Gasteiger partial charge in [0.1, 0.15) is 0 Å². The molecule has 14 heavy (non-hydrogen) atoms. The molecule has 0 spiro atoms. The fraction of sp³-hybridized carbons (Fsp3) is 0.125. The zero-order chi connectivity index (χ0) is 10.1. The van der Waals surface area contributed by atoms with Gasteiger partial charge >= 0.3 is 0 Å². The zero-order valence-corrected chi connectivity index (χ0v) is 8.28. The van der Waals surface area contributed by atoms with E-state index in [1.807, 2.05) is 17.5 Å². The lowest BCUT2D eigenvalue weighted by Crippen LogP contribution is -2.32. The van der Waals surface area contributed by atoms with E-state index in [0.717, 1.165) is 9.55 Å². The first-order valence-corrected chi connectivity index (χ1v) is 4.83. The van der Waals surface area contributed by atoms with Gasteiger partial charge in [0, 0.05) is 0 Å². The standard InChI is InChI=1S/C8H8N4OS/c1-5-10-11-7(8(13)12(5)9)6-3-2-4-14-6/h2-4H,9H2,1H3. The molecule has 2 aromatic heterocycles. The molecule has 0 unspecified atom stereocenters. The number of aryl methyl sites for hydroxylation is 1. The van der Waals surface area contributed by atoms with Crippen molar-refractivity contribution >= 4 is 11.3 Å². The Bertz CT molecular complexity index is 503. The predicted octanol–water partition coefficient (Wildman–Crippen LogP) is 0.389. The molecule has 72 valence electrons. The Labute approximate surface area is 83.8 Å². The Hall–Kier alpha value is -1.69. The van der Waals surface area contributed by atoms with Gasteiger partial charge in [0.25, 0.3) is 5.56 Å². The number of hydrogen-bond donors (Lipinski definition) is 1. The lowest BCUT2D eigenvalue weighted by Gasteiger charge is -2.01. The van der Waals surface area contributed by atoms with Crippen molar-refractivity contribution in [1.82, 2.24) is 14.9 Å². The number of rotatable bonds is 1. The Morgan fingerprint density at radius 2 is 2.29 bits per heavy atom. The van der Waals surface area contributed by atoms with Gasteiger partial charge in [-0.25, -0.2) is 4.68 Å². The van der Waals surface area contributed by atoms with Crippen molar-refractivity contribution in [3.63, 3.8) is 0 Å². The molecule has 0 aromatic carbocycles. The van der Waals surface area contributed by atoms with Gasteiger partial charge in [-0.1, -0.05) is 6.07 Å². The fourth-order valence-corrected chi connectivity index (χ4v) is 1.74. The van der Waals surface area contributed by atoms with Crippen LogP contribution in [0.15, 0.2) is 22.3 Å². The first kappa shape index (κ1) is 8.89. The van der Waals surface area contributed by atoms with Crippen LogP contribution in [0.3, 0.4) is 0 Å². The summed E-state index contributed by atoms with van der Waals surface area (Å²) in [7, 11) is 0. The highest BCUT2D eigenvalue weighted by atomic mass is 32.1. The van der Waals surface area contributed by atoms with Gasteiger partial charge in [-0.15, -0.1) is 21.5 Å². The minimum atomic E-state index is -0.319. The molecular formula is C8H8N4OS. The third-order valence-corrected chi connectivity index (χ3v) is 2.70. The SMILES string of the molecule is Cc1nnc(-c2cccs2)c(=O)n1N. The molecule has 5 nitrogen and oxygen atoms in total. The molecule has 0 atom stereocenters. The number of nitrogen functional groups attached to an aromatic ring is 1. The highest BCUT2D eigenvalue weighted by Gasteiger charge is 2.09. The van der Waals surface area contributed by atoms with Crippen molar-refractivity contribution in [1.29, 1.82) is 0 Å². The molecule has 6 heteroatoms. The van der Waals surface area contributed by atoms with Crippen LogP contribution < -0.4 is 11.4 Å². The summed E-state index contributed by atoms with van der Waals surface area (Å²) >= 11 is 1.43. The van der Waals surface area contributed by atoms with E-state index in [0.29, 0.717) is 11.5 Å². The quantitative estimate of drug-likeness (QED) is 0.688. The molecule has 0 aliphatic heterocycles. The van der Waals surface area contributed by atoms with Crippen molar-refractivity contribution < 1.29 is 0 Å². The Balaban J connectivity index is 2.68. The average molecular weight is 208 g/mol. The van der Waals surface area contributed by atoms with Crippen LogP contribution in [0.1, 0.15) is 5.82 Å². The average Bonchev–Trinajstić information content (AvgIpc) is 2.67.